The molecule has 0 heterocycles. The number of hydrogen-bond donors (Lipinski definition) is 1. The third-order valence-corrected chi connectivity index (χ3v) is 3.73. The number of benzene rings is 2. The summed E-state index contributed by atoms with van der Waals surface area (Å²) in [7, 11) is 0. The number of nitrogens with one attached hydrogen (secondary N) is 1. The molecule has 0 bridgehead atoms. The minimum atomic E-state index is -0.454. The lowest BCUT2D eigenvalue weighted by molar-refractivity contribution is 0.102. The Bertz CT molecular complexity index is 643. The molecule has 0 saturated carbocycles. The van der Waals surface area contributed by atoms with Crippen molar-refractivity contribution in [2.75, 3.05) is 5.32 Å². The maximum atomic E-state index is 13.6. The molecule has 0 aliphatic rings. The molecule has 0 radical (unpaired) electrons. The van der Waals surface area contributed by atoms with Gasteiger partial charge >= 0.3 is 0 Å². The Morgan fingerprint density at radius 1 is 1.16 bits per heavy atom. The van der Waals surface area contributed by atoms with Gasteiger partial charge in [0.25, 0.3) is 5.91 Å². The van der Waals surface area contributed by atoms with Crippen molar-refractivity contribution >= 4 is 43.5 Å². The number of aryl methyl sites for hydroxylation is 1. The normalized spacial score (nSPS) is 10.3. The van der Waals surface area contributed by atoms with Gasteiger partial charge in [-0.25, -0.2) is 4.39 Å². The van der Waals surface area contributed by atoms with Gasteiger partial charge in [0.1, 0.15) is 5.82 Å². The van der Waals surface area contributed by atoms with Crippen LogP contribution in [0.25, 0.3) is 0 Å². The second-order valence-corrected chi connectivity index (χ2v) is 5.83. The van der Waals surface area contributed by atoms with E-state index in [0.29, 0.717) is 10.0 Å². The van der Waals surface area contributed by atoms with E-state index in [1.54, 1.807) is 24.3 Å². The molecule has 2 rings (SSSR count). The Balaban J connectivity index is 2.30. The first kappa shape index (κ1) is 14.2. The van der Waals surface area contributed by atoms with Crippen LogP contribution in [0, 0.1) is 12.7 Å². The maximum absolute atomic E-state index is 13.6. The molecule has 0 spiro atoms. The molecule has 2 aromatic carbocycles. The summed E-state index contributed by atoms with van der Waals surface area (Å²) in [6, 6.07) is 9.83. The van der Waals surface area contributed by atoms with Crippen molar-refractivity contribution in [1.82, 2.24) is 0 Å². The lowest BCUT2D eigenvalue weighted by Crippen LogP contribution is -2.13. The molecule has 0 saturated heterocycles. The van der Waals surface area contributed by atoms with Crippen LogP contribution in [0.3, 0.4) is 0 Å². The van der Waals surface area contributed by atoms with Crippen LogP contribution in [-0.4, -0.2) is 5.91 Å². The first-order valence-corrected chi connectivity index (χ1v) is 7.08. The predicted octanol–water partition coefficient (Wildman–Crippen LogP) is 4.91. The Morgan fingerprint density at radius 3 is 2.63 bits per heavy atom. The number of hydrogen-bond acceptors (Lipinski definition) is 1. The van der Waals surface area contributed by atoms with Crippen LogP contribution in [0.4, 0.5) is 10.1 Å². The van der Waals surface area contributed by atoms with Gasteiger partial charge in [0.15, 0.2) is 0 Å². The van der Waals surface area contributed by atoms with Crippen molar-refractivity contribution in [1.29, 1.82) is 0 Å². The quantitative estimate of drug-likeness (QED) is 0.780. The first-order valence-electron chi connectivity index (χ1n) is 5.50. The van der Waals surface area contributed by atoms with Crippen molar-refractivity contribution in [2.24, 2.45) is 0 Å². The van der Waals surface area contributed by atoms with E-state index in [1.165, 1.54) is 6.07 Å². The molecule has 0 atom stereocenters. The molecular formula is C14H10Br2FNO. The van der Waals surface area contributed by atoms with Gasteiger partial charge < -0.3 is 5.32 Å². The van der Waals surface area contributed by atoms with E-state index >= 15 is 0 Å². The molecular weight excluding hydrogens is 377 g/mol. The molecule has 2 nitrogen and oxygen atoms in total. The summed E-state index contributed by atoms with van der Waals surface area (Å²) in [4.78, 5) is 12.1. The minimum Gasteiger partial charge on any atom is -0.319 e. The van der Waals surface area contributed by atoms with E-state index in [0.717, 1.165) is 10.0 Å². The van der Waals surface area contributed by atoms with Crippen LogP contribution < -0.4 is 5.32 Å². The predicted molar refractivity (Wildman–Crippen MR) is 80.9 cm³/mol. The molecule has 0 unspecified atom stereocenters. The zero-order valence-electron chi connectivity index (χ0n) is 10.0. The Hall–Kier alpha value is -1.20. The molecule has 5 heteroatoms. The highest BCUT2D eigenvalue weighted by atomic mass is 79.9. The number of amides is 1. The lowest BCUT2D eigenvalue weighted by Gasteiger charge is -2.09. The standard InChI is InChI=1S/C14H10Br2FNO/c1-8-2-5-12(17)13(6-8)18-14(19)10-7-9(15)3-4-11(10)16/h2-7H,1H3,(H,18,19). The summed E-state index contributed by atoms with van der Waals surface area (Å²) in [5, 5.41) is 2.57. The van der Waals surface area contributed by atoms with Crippen LogP contribution in [-0.2, 0) is 0 Å². The monoisotopic (exact) mass is 385 g/mol. The van der Waals surface area contributed by atoms with Crippen molar-refractivity contribution in [3.63, 3.8) is 0 Å². The van der Waals surface area contributed by atoms with E-state index in [-0.39, 0.29) is 11.6 Å². The zero-order valence-corrected chi connectivity index (χ0v) is 13.2. The molecule has 1 amide bonds. The number of rotatable bonds is 2. The van der Waals surface area contributed by atoms with Crippen LogP contribution in [0.5, 0.6) is 0 Å². The van der Waals surface area contributed by atoms with Gasteiger partial charge in [0.2, 0.25) is 0 Å². The Kier molecular flexibility index (Phi) is 4.37. The summed E-state index contributed by atoms with van der Waals surface area (Å²) in [5.41, 5.74) is 1.50. The van der Waals surface area contributed by atoms with Crippen molar-refractivity contribution in [2.45, 2.75) is 6.92 Å². The molecule has 1 N–H and O–H groups in total. The SMILES string of the molecule is Cc1ccc(F)c(NC(=O)c2cc(Br)ccc2Br)c1. The van der Waals surface area contributed by atoms with Gasteiger partial charge in [-0.2, -0.15) is 0 Å². The summed E-state index contributed by atoms with van der Waals surface area (Å²) in [6.45, 7) is 1.84. The third kappa shape index (κ3) is 3.42. The molecule has 0 aliphatic heterocycles. The fraction of sp³-hybridized carbons (Fsp3) is 0.0714. The Morgan fingerprint density at radius 2 is 1.89 bits per heavy atom. The lowest BCUT2D eigenvalue weighted by atomic mass is 10.2. The van der Waals surface area contributed by atoms with Gasteiger partial charge in [-0.05, 0) is 58.7 Å². The number of carbonyl (C=O) groups is 1. The maximum Gasteiger partial charge on any atom is 0.256 e. The average molecular weight is 387 g/mol. The Labute approximate surface area is 127 Å². The molecule has 0 aliphatic carbocycles. The fourth-order valence-electron chi connectivity index (χ4n) is 1.60. The van der Waals surface area contributed by atoms with E-state index in [2.05, 4.69) is 37.2 Å². The summed E-state index contributed by atoms with van der Waals surface area (Å²) < 4.78 is 15.0. The van der Waals surface area contributed by atoms with Crippen molar-refractivity contribution in [3.8, 4) is 0 Å². The number of halogens is 3. The van der Waals surface area contributed by atoms with E-state index < -0.39 is 5.82 Å². The topological polar surface area (TPSA) is 29.1 Å². The molecule has 2 aromatic rings. The third-order valence-electron chi connectivity index (χ3n) is 2.54. The van der Waals surface area contributed by atoms with Gasteiger partial charge in [0, 0.05) is 8.95 Å². The largest absolute Gasteiger partial charge is 0.319 e. The van der Waals surface area contributed by atoms with Gasteiger partial charge in [-0.1, -0.05) is 22.0 Å². The van der Waals surface area contributed by atoms with Gasteiger partial charge in [-0.15, -0.1) is 0 Å². The smallest absolute Gasteiger partial charge is 0.256 e. The zero-order chi connectivity index (χ0) is 14.0. The molecule has 0 aromatic heterocycles. The second kappa shape index (κ2) is 5.84. The molecule has 98 valence electrons. The molecule has 0 fully saturated rings. The van der Waals surface area contributed by atoms with Crippen LogP contribution >= 0.6 is 31.9 Å². The van der Waals surface area contributed by atoms with Gasteiger partial charge in [0.05, 0.1) is 11.3 Å². The van der Waals surface area contributed by atoms with E-state index in [9.17, 15) is 9.18 Å². The molecule has 19 heavy (non-hydrogen) atoms. The second-order valence-electron chi connectivity index (χ2n) is 4.06. The highest BCUT2D eigenvalue weighted by Crippen LogP contribution is 2.23. The van der Waals surface area contributed by atoms with Gasteiger partial charge in [-0.3, -0.25) is 4.79 Å². The van der Waals surface area contributed by atoms with E-state index in [4.69, 9.17) is 0 Å². The highest BCUT2D eigenvalue weighted by molar-refractivity contribution is 9.11. The minimum absolute atomic E-state index is 0.178. The van der Waals surface area contributed by atoms with E-state index in [1.807, 2.05) is 13.0 Å². The van der Waals surface area contributed by atoms with Crippen molar-refractivity contribution < 1.29 is 9.18 Å². The van der Waals surface area contributed by atoms with Crippen LogP contribution in [0.15, 0.2) is 45.3 Å². The summed E-state index contributed by atoms with van der Waals surface area (Å²) >= 11 is 6.60. The van der Waals surface area contributed by atoms with Crippen LogP contribution in [0.1, 0.15) is 15.9 Å². The number of anilines is 1. The van der Waals surface area contributed by atoms with Crippen molar-refractivity contribution in [3.05, 3.63) is 62.3 Å². The number of carbonyl (C=O) groups excluding carboxylic acids is 1. The highest BCUT2D eigenvalue weighted by Gasteiger charge is 2.13. The van der Waals surface area contributed by atoms with Crippen LogP contribution in [0.2, 0.25) is 0 Å². The summed E-state index contributed by atoms with van der Waals surface area (Å²) in [5.74, 6) is -0.817. The first-order chi connectivity index (χ1) is 8.97. The summed E-state index contributed by atoms with van der Waals surface area (Å²) in [6.07, 6.45) is 0. The average Bonchev–Trinajstić information content (AvgIpc) is 2.36. The fourth-order valence-corrected chi connectivity index (χ4v) is 2.38.